The molecule has 0 unspecified atom stereocenters. The van der Waals surface area contributed by atoms with E-state index in [1.54, 1.807) is 0 Å². The fraction of sp³-hybridized carbons (Fsp3) is 0.957. The Bertz CT molecular complexity index is 425. The van der Waals surface area contributed by atoms with E-state index in [0.29, 0.717) is 24.7 Å². The third kappa shape index (κ3) is 8.52. The van der Waals surface area contributed by atoms with Crippen LogP contribution in [0.4, 0.5) is 0 Å². The lowest BCUT2D eigenvalue weighted by molar-refractivity contribution is -0.146. The minimum absolute atomic E-state index is 0.0719. The highest BCUT2D eigenvalue weighted by Gasteiger charge is 2.39. The standard InChI is InChI=1S/C23H46O3/c1-18(2)22(8,9)19(24)15-13-12-14-16-25-23(10,11)21(6,7)17-26-20(3,4)5/h18H,12-17H2,1-11H3. The van der Waals surface area contributed by atoms with E-state index in [-0.39, 0.29) is 22.0 Å². The number of carbonyl (C=O) groups is 1. The summed E-state index contributed by atoms with van der Waals surface area (Å²) < 4.78 is 12.2. The summed E-state index contributed by atoms with van der Waals surface area (Å²) in [5.41, 5.74) is -0.676. The molecule has 156 valence electrons. The molecule has 26 heavy (non-hydrogen) atoms. The molecule has 0 aliphatic rings. The Morgan fingerprint density at radius 1 is 0.808 bits per heavy atom. The average Bonchev–Trinajstić information content (AvgIpc) is 2.47. The maximum atomic E-state index is 12.3. The largest absolute Gasteiger partial charge is 0.375 e. The van der Waals surface area contributed by atoms with Gasteiger partial charge in [-0.05, 0) is 53.4 Å². The van der Waals surface area contributed by atoms with Gasteiger partial charge in [0.2, 0.25) is 0 Å². The summed E-state index contributed by atoms with van der Waals surface area (Å²) in [4.78, 5) is 12.3. The van der Waals surface area contributed by atoms with Gasteiger partial charge in [-0.25, -0.2) is 0 Å². The van der Waals surface area contributed by atoms with Crippen molar-refractivity contribution in [3.05, 3.63) is 0 Å². The van der Waals surface area contributed by atoms with Crippen LogP contribution in [-0.2, 0) is 14.3 Å². The molecule has 0 bridgehead atoms. The van der Waals surface area contributed by atoms with Gasteiger partial charge < -0.3 is 9.47 Å². The number of ether oxygens (including phenoxy) is 2. The molecule has 0 saturated heterocycles. The van der Waals surface area contributed by atoms with Crippen LogP contribution in [0.1, 0.15) is 102 Å². The van der Waals surface area contributed by atoms with Crippen LogP contribution >= 0.6 is 0 Å². The van der Waals surface area contributed by atoms with Crippen LogP contribution < -0.4 is 0 Å². The topological polar surface area (TPSA) is 35.5 Å². The van der Waals surface area contributed by atoms with E-state index in [9.17, 15) is 4.79 Å². The molecule has 0 rings (SSSR count). The van der Waals surface area contributed by atoms with E-state index in [1.807, 2.05) is 0 Å². The normalized spacial score (nSPS) is 14.2. The molecule has 0 heterocycles. The van der Waals surface area contributed by atoms with Crippen LogP contribution in [0.15, 0.2) is 0 Å². The van der Waals surface area contributed by atoms with E-state index in [4.69, 9.17) is 9.47 Å². The van der Waals surface area contributed by atoms with Gasteiger partial charge in [-0.2, -0.15) is 0 Å². The van der Waals surface area contributed by atoms with Crippen LogP contribution in [0.3, 0.4) is 0 Å². The second kappa shape index (κ2) is 9.68. The van der Waals surface area contributed by atoms with Crippen LogP contribution in [0.25, 0.3) is 0 Å². The Morgan fingerprint density at radius 3 is 1.81 bits per heavy atom. The first-order valence-electron chi connectivity index (χ1n) is 10.3. The molecule has 0 aromatic rings. The van der Waals surface area contributed by atoms with E-state index in [1.165, 1.54) is 0 Å². The van der Waals surface area contributed by atoms with Crippen LogP contribution in [0, 0.1) is 16.7 Å². The highest BCUT2D eigenvalue weighted by Crippen LogP contribution is 2.35. The molecule has 0 aromatic carbocycles. The molecular weight excluding hydrogens is 324 g/mol. The molecule has 0 amide bonds. The summed E-state index contributed by atoms with van der Waals surface area (Å²) in [5, 5.41) is 0. The second-order valence-corrected chi connectivity index (χ2v) is 10.8. The zero-order chi connectivity index (χ0) is 20.8. The van der Waals surface area contributed by atoms with Crippen molar-refractivity contribution in [2.75, 3.05) is 13.2 Å². The van der Waals surface area contributed by atoms with Crippen molar-refractivity contribution in [2.45, 2.75) is 113 Å². The van der Waals surface area contributed by atoms with Gasteiger partial charge in [-0.1, -0.05) is 48.0 Å². The number of hydrogen-bond donors (Lipinski definition) is 0. The van der Waals surface area contributed by atoms with Gasteiger partial charge in [0.25, 0.3) is 0 Å². The Labute approximate surface area is 163 Å². The Morgan fingerprint density at radius 2 is 1.35 bits per heavy atom. The maximum Gasteiger partial charge on any atom is 0.138 e. The van der Waals surface area contributed by atoms with Gasteiger partial charge in [-0.3, -0.25) is 4.79 Å². The molecule has 0 spiro atoms. The lowest BCUT2D eigenvalue weighted by atomic mass is 9.76. The summed E-state index contributed by atoms with van der Waals surface area (Å²) in [6.07, 6.45) is 3.67. The molecule has 3 nitrogen and oxygen atoms in total. The summed E-state index contributed by atoms with van der Waals surface area (Å²) >= 11 is 0. The quantitative estimate of drug-likeness (QED) is 0.371. The number of Topliss-reactive ketones (excluding diaryl/α,β-unsaturated/α-hetero) is 1. The first-order chi connectivity index (χ1) is 11.5. The molecule has 0 saturated carbocycles. The van der Waals surface area contributed by atoms with Crippen molar-refractivity contribution in [3.63, 3.8) is 0 Å². The van der Waals surface area contributed by atoms with Gasteiger partial charge >= 0.3 is 0 Å². The smallest absolute Gasteiger partial charge is 0.138 e. The number of unbranched alkanes of at least 4 members (excludes halogenated alkanes) is 2. The fourth-order valence-corrected chi connectivity index (χ4v) is 2.30. The predicted octanol–water partition coefficient (Wildman–Crippen LogP) is 6.43. The molecule has 0 aliphatic heterocycles. The highest BCUT2D eigenvalue weighted by molar-refractivity contribution is 5.84. The van der Waals surface area contributed by atoms with Gasteiger partial charge in [0.1, 0.15) is 5.78 Å². The number of carbonyl (C=O) groups excluding carboxylic acids is 1. The van der Waals surface area contributed by atoms with Crippen molar-refractivity contribution in [2.24, 2.45) is 16.7 Å². The van der Waals surface area contributed by atoms with Crippen molar-refractivity contribution in [1.82, 2.24) is 0 Å². The first kappa shape index (κ1) is 25.6. The van der Waals surface area contributed by atoms with Gasteiger partial charge in [0, 0.05) is 23.9 Å². The summed E-state index contributed by atoms with van der Waals surface area (Å²) in [5.74, 6) is 0.769. The molecule has 0 aromatic heterocycles. The van der Waals surface area contributed by atoms with Crippen molar-refractivity contribution in [3.8, 4) is 0 Å². The highest BCUT2D eigenvalue weighted by atomic mass is 16.5. The van der Waals surface area contributed by atoms with Crippen LogP contribution in [0.2, 0.25) is 0 Å². The van der Waals surface area contributed by atoms with Crippen LogP contribution in [0.5, 0.6) is 0 Å². The minimum Gasteiger partial charge on any atom is -0.375 e. The summed E-state index contributed by atoms with van der Waals surface area (Å²) in [6.45, 7) is 24.7. The molecule has 0 N–H and O–H groups in total. The number of rotatable bonds is 12. The minimum atomic E-state index is -0.256. The van der Waals surface area contributed by atoms with E-state index in [2.05, 4.69) is 76.2 Å². The molecule has 0 fully saturated rings. The molecule has 3 heteroatoms. The van der Waals surface area contributed by atoms with Gasteiger partial charge in [0.15, 0.2) is 0 Å². The van der Waals surface area contributed by atoms with E-state index >= 15 is 0 Å². The Kier molecular flexibility index (Phi) is 9.53. The monoisotopic (exact) mass is 370 g/mol. The van der Waals surface area contributed by atoms with E-state index < -0.39 is 0 Å². The number of ketones is 1. The predicted molar refractivity (Wildman–Crippen MR) is 112 cm³/mol. The maximum absolute atomic E-state index is 12.3. The average molecular weight is 371 g/mol. The Balaban J connectivity index is 4.21. The lowest BCUT2D eigenvalue weighted by Gasteiger charge is -2.42. The number of hydrogen-bond acceptors (Lipinski definition) is 3. The zero-order valence-corrected chi connectivity index (χ0v) is 19.5. The molecule has 0 atom stereocenters. The summed E-state index contributed by atoms with van der Waals surface area (Å²) in [7, 11) is 0. The zero-order valence-electron chi connectivity index (χ0n) is 19.5. The van der Waals surface area contributed by atoms with Gasteiger partial charge in [-0.15, -0.1) is 0 Å². The molecular formula is C23H46O3. The van der Waals surface area contributed by atoms with E-state index in [0.717, 1.165) is 25.9 Å². The fourth-order valence-electron chi connectivity index (χ4n) is 2.30. The first-order valence-corrected chi connectivity index (χ1v) is 10.3. The SMILES string of the molecule is CC(C)C(C)(C)C(=O)CCCCCOC(C)(C)C(C)(C)COC(C)(C)C. The van der Waals surface area contributed by atoms with Crippen molar-refractivity contribution < 1.29 is 14.3 Å². The molecule has 0 aliphatic carbocycles. The van der Waals surface area contributed by atoms with Crippen molar-refractivity contribution >= 4 is 5.78 Å². The summed E-state index contributed by atoms with van der Waals surface area (Å²) in [6, 6.07) is 0. The second-order valence-electron chi connectivity index (χ2n) is 10.8. The van der Waals surface area contributed by atoms with Gasteiger partial charge in [0.05, 0.1) is 17.8 Å². The third-order valence-electron chi connectivity index (χ3n) is 6.17. The van der Waals surface area contributed by atoms with Crippen LogP contribution in [-0.4, -0.2) is 30.2 Å². The van der Waals surface area contributed by atoms with Crippen molar-refractivity contribution in [1.29, 1.82) is 0 Å². The Hall–Kier alpha value is -0.410. The third-order valence-corrected chi connectivity index (χ3v) is 6.17. The lowest BCUT2D eigenvalue weighted by Crippen LogP contribution is -2.46. The molecule has 0 radical (unpaired) electrons.